The maximum absolute atomic E-state index is 11.5. The highest BCUT2D eigenvalue weighted by Crippen LogP contribution is 2.30. The highest BCUT2D eigenvalue weighted by atomic mass is 16.5. The first-order valence-electron chi connectivity index (χ1n) is 16.8. The van der Waals surface area contributed by atoms with Gasteiger partial charge in [0.2, 0.25) is 12.3 Å². The zero-order chi connectivity index (χ0) is 36.5. The number of hydrogen-bond acceptors (Lipinski definition) is 7. The molecule has 2 heterocycles. The first kappa shape index (κ1) is 43.8. The molecule has 0 unspecified atom stereocenters. The molecule has 1 atom stereocenters. The Labute approximate surface area is 289 Å². The first-order valence-corrected chi connectivity index (χ1v) is 16.8. The van der Waals surface area contributed by atoms with Crippen molar-refractivity contribution in [3.8, 4) is 17.0 Å². The molecule has 4 rings (SSSR count). The van der Waals surface area contributed by atoms with E-state index in [2.05, 4.69) is 51.3 Å². The Morgan fingerprint density at radius 3 is 2.15 bits per heavy atom. The molecular formula is C39H59N3O6. The van der Waals surface area contributed by atoms with Crippen LogP contribution in [-0.4, -0.2) is 74.2 Å². The van der Waals surface area contributed by atoms with Crippen LogP contribution in [-0.2, 0) is 23.9 Å². The highest BCUT2D eigenvalue weighted by Gasteiger charge is 2.34. The van der Waals surface area contributed by atoms with Gasteiger partial charge in [-0.05, 0) is 50.8 Å². The van der Waals surface area contributed by atoms with Gasteiger partial charge in [0, 0.05) is 30.7 Å². The fourth-order valence-corrected chi connectivity index (χ4v) is 4.09. The number of nitrogens with one attached hydrogen (secondary N) is 1. The minimum Gasteiger partial charge on any atom is -0.496 e. The Hall–Kier alpha value is -4.24. The van der Waals surface area contributed by atoms with Gasteiger partial charge in [-0.3, -0.25) is 9.59 Å². The van der Waals surface area contributed by atoms with E-state index in [0.717, 1.165) is 46.3 Å². The van der Waals surface area contributed by atoms with Gasteiger partial charge in [0.05, 0.1) is 37.6 Å². The monoisotopic (exact) mass is 665 g/mol. The number of likely N-dealkylation sites (tertiary alicyclic amines) is 1. The van der Waals surface area contributed by atoms with Gasteiger partial charge in [0.25, 0.3) is 0 Å². The van der Waals surface area contributed by atoms with Crippen LogP contribution >= 0.6 is 0 Å². The van der Waals surface area contributed by atoms with Gasteiger partial charge in [-0.2, -0.15) is 0 Å². The zero-order valence-corrected chi connectivity index (χ0v) is 30.9. The van der Waals surface area contributed by atoms with Gasteiger partial charge in [-0.15, -0.1) is 0 Å². The quantitative estimate of drug-likeness (QED) is 0.172. The summed E-state index contributed by atoms with van der Waals surface area (Å²) < 4.78 is 15.2. The number of hydrogen-bond donors (Lipinski definition) is 1. The molecule has 0 saturated carbocycles. The van der Waals surface area contributed by atoms with Gasteiger partial charge in [0.15, 0.2) is 0 Å². The van der Waals surface area contributed by atoms with Crippen LogP contribution in [0, 0.1) is 0 Å². The summed E-state index contributed by atoms with van der Waals surface area (Å²) in [6.45, 7) is 18.9. The molecule has 9 heteroatoms. The third kappa shape index (κ3) is 15.1. The highest BCUT2D eigenvalue weighted by molar-refractivity contribution is 5.89. The Kier molecular flexibility index (Phi) is 22.7. The maximum Gasteiger partial charge on any atom is 0.328 e. The largest absolute Gasteiger partial charge is 0.496 e. The molecule has 2 aromatic carbocycles. The normalized spacial score (nSPS) is 13.0. The van der Waals surface area contributed by atoms with Gasteiger partial charge in [-0.1, -0.05) is 96.5 Å². The second-order valence-electron chi connectivity index (χ2n) is 11.1. The molecule has 1 fully saturated rings. The summed E-state index contributed by atoms with van der Waals surface area (Å²) >= 11 is 0. The Balaban J connectivity index is 0.000000694. The number of rotatable bonds is 10. The van der Waals surface area contributed by atoms with E-state index >= 15 is 0 Å². The third-order valence-electron chi connectivity index (χ3n) is 7.61. The smallest absolute Gasteiger partial charge is 0.328 e. The number of benzene rings is 2. The van der Waals surface area contributed by atoms with Crippen LogP contribution in [0.4, 0.5) is 0 Å². The van der Waals surface area contributed by atoms with E-state index in [1.54, 1.807) is 14.2 Å². The molecule has 1 aliphatic rings. The number of fused-ring (bicyclic) bond motifs is 1. The number of carbonyl (C=O) groups excluding carboxylic acids is 3. The summed E-state index contributed by atoms with van der Waals surface area (Å²) in [7, 11) is 4.72. The molecule has 48 heavy (non-hydrogen) atoms. The maximum atomic E-state index is 11.5. The molecule has 0 aliphatic carbocycles. The van der Waals surface area contributed by atoms with Crippen molar-refractivity contribution in [2.75, 3.05) is 34.4 Å². The number of ether oxygens (including phenoxy) is 3. The van der Waals surface area contributed by atoms with Crippen molar-refractivity contribution in [3.63, 3.8) is 0 Å². The molecule has 0 spiro atoms. The summed E-state index contributed by atoms with van der Waals surface area (Å²) in [5, 5.41) is 3.28. The zero-order valence-electron chi connectivity index (χ0n) is 30.9. The van der Waals surface area contributed by atoms with Crippen LogP contribution in [0.15, 0.2) is 61.2 Å². The average molecular weight is 666 g/mol. The minimum absolute atomic E-state index is 0.0724. The van der Waals surface area contributed by atoms with E-state index in [-0.39, 0.29) is 18.1 Å². The van der Waals surface area contributed by atoms with E-state index in [4.69, 9.17) is 14.5 Å². The van der Waals surface area contributed by atoms with Gasteiger partial charge < -0.3 is 24.4 Å². The van der Waals surface area contributed by atoms with E-state index < -0.39 is 12.0 Å². The van der Waals surface area contributed by atoms with E-state index in [1.165, 1.54) is 24.9 Å². The van der Waals surface area contributed by atoms with Crippen LogP contribution in [0.3, 0.4) is 0 Å². The summed E-state index contributed by atoms with van der Waals surface area (Å²) in [6.07, 6.45) is 7.40. The van der Waals surface area contributed by atoms with Gasteiger partial charge in [0.1, 0.15) is 11.8 Å². The minimum atomic E-state index is -0.490. The number of unbranched alkanes of at least 4 members (excludes halogenated alkanes) is 1. The summed E-state index contributed by atoms with van der Waals surface area (Å²) in [6, 6.07) is 17.7. The summed E-state index contributed by atoms with van der Waals surface area (Å²) in [5.41, 5.74) is 4.07. The van der Waals surface area contributed by atoms with Crippen LogP contribution in [0.5, 0.6) is 5.75 Å². The topological polar surface area (TPSA) is 107 Å². The lowest BCUT2D eigenvalue weighted by Gasteiger charge is -2.22. The number of esters is 1. The number of aromatic nitrogens is 1. The molecule has 0 radical (unpaired) electrons. The van der Waals surface area contributed by atoms with Gasteiger partial charge >= 0.3 is 5.97 Å². The van der Waals surface area contributed by atoms with Crippen molar-refractivity contribution in [1.82, 2.24) is 15.2 Å². The lowest BCUT2D eigenvalue weighted by molar-refractivity contribution is -0.150. The van der Waals surface area contributed by atoms with E-state index in [9.17, 15) is 14.4 Å². The molecule has 1 saturated heterocycles. The molecule has 9 nitrogen and oxygen atoms in total. The van der Waals surface area contributed by atoms with E-state index in [0.29, 0.717) is 19.4 Å². The lowest BCUT2D eigenvalue weighted by atomic mass is 10.1. The Bertz CT molecular complexity index is 1350. The van der Waals surface area contributed by atoms with Crippen LogP contribution in [0.1, 0.15) is 86.1 Å². The summed E-state index contributed by atoms with van der Waals surface area (Å²) in [4.78, 5) is 39.0. The van der Waals surface area contributed by atoms with Crippen LogP contribution < -0.4 is 10.1 Å². The first-order chi connectivity index (χ1) is 23.1. The Morgan fingerprint density at radius 1 is 1.02 bits per heavy atom. The molecule has 0 bridgehead atoms. The number of methoxy groups -OCH3 is 3. The lowest BCUT2D eigenvalue weighted by Crippen LogP contribution is -2.44. The second kappa shape index (κ2) is 24.9. The molecule has 3 aromatic rings. The van der Waals surface area contributed by atoms with Crippen molar-refractivity contribution in [2.45, 2.75) is 92.2 Å². The van der Waals surface area contributed by atoms with Crippen molar-refractivity contribution in [1.29, 1.82) is 0 Å². The predicted molar refractivity (Wildman–Crippen MR) is 198 cm³/mol. The molecule has 2 amide bonds. The fourth-order valence-electron chi connectivity index (χ4n) is 4.09. The summed E-state index contributed by atoms with van der Waals surface area (Å²) in [5.74, 6) is 0.180. The number of amides is 2. The van der Waals surface area contributed by atoms with Crippen molar-refractivity contribution < 1.29 is 28.6 Å². The molecule has 1 N–H and O–H groups in total. The van der Waals surface area contributed by atoms with Crippen LogP contribution in [0.25, 0.3) is 28.2 Å². The predicted octanol–water partition coefficient (Wildman–Crippen LogP) is 8.10. The standard InChI is InChI=1S/C18H15NO.C9H14N2O4.C6H14O.C4H10.C2H6/c1-3-13-9-10-16-15(11-13)18(20-2)12-17(19-16)14-7-5-4-6-8-14;1-15-9(14)7-3-2-4-11(7)8(13)5-10-6-12;1-5-6(2,3)7-4;1-3-4-2;1-2/h3-12H,1H2,2H3;6-7H,2-5H2,1H3,(H,10,12);5H2,1-4H3;3-4H2,1-2H3;1-2H3/t;7-;;;/m.0.../s1. The third-order valence-corrected chi connectivity index (χ3v) is 7.61. The Morgan fingerprint density at radius 2 is 1.67 bits per heavy atom. The van der Waals surface area contributed by atoms with Crippen molar-refractivity contribution >= 4 is 35.3 Å². The fraction of sp³-hybridized carbons (Fsp3) is 0.487. The SMILES string of the molecule is C=Cc1ccc2nc(-c3ccccc3)cc(OC)c2c1.CC.CCC(C)(C)OC.CCCC.COC(=O)[C@@H]1CCCN1C(=O)CNC=O. The number of pyridine rings is 1. The molecule has 1 aliphatic heterocycles. The molecular weight excluding hydrogens is 606 g/mol. The van der Waals surface area contributed by atoms with Crippen molar-refractivity contribution in [3.05, 3.63) is 66.7 Å². The van der Waals surface area contributed by atoms with E-state index in [1.807, 2.05) is 74.5 Å². The average Bonchev–Trinajstić information content (AvgIpc) is 3.65. The van der Waals surface area contributed by atoms with Crippen LogP contribution in [0.2, 0.25) is 0 Å². The number of carbonyl (C=O) groups is 3. The molecule has 1 aromatic heterocycles. The number of nitrogens with zero attached hydrogens (tertiary/aromatic N) is 2. The second-order valence-corrected chi connectivity index (χ2v) is 11.1. The van der Waals surface area contributed by atoms with Crippen molar-refractivity contribution in [2.24, 2.45) is 0 Å². The van der Waals surface area contributed by atoms with Gasteiger partial charge in [-0.25, -0.2) is 9.78 Å². The molecule has 266 valence electrons.